The van der Waals surface area contributed by atoms with Gasteiger partial charge in [0, 0.05) is 27.9 Å². The SMILES string of the molecule is O=C(CCc1nc(-c2ccc(Cl)cc2)no1)Nc1ccccc1Br. The number of anilines is 1. The largest absolute Gasteiger partial charge is 0.339 e. The Labute approximate surface area is 152 Å². The van der Waals surface area contributed by atoms with Crippen LogP contribution >= 0.6 is 27.5 Å². The van der Waals surface area contributed by atoms with Gasteiger partial charge in [0.1, 0.15) is 0 Å². The number of nitrogens with one attached hydrogen (secondary N) is 1. The molecule has 3 aromatic rings. The molecule has 0 radical (unpaired) electrons. The van der Waals surface area contributed by atoms with Crippen LogP contribution in [0.3, 0.4) is 0 Å². The number of hydrogen-bond donors (Lipinski definition) is 1. The molecule has 0 saturated carbocycles. The molecule has 0 saturated heterocycles. The van der Waals surface area contributed by atoms with Crippen LogP contribution in [0.4, 0.5) is 5.69 Å². The summed E-state index contributed by atoms with van der Waals surface area (Å²) in [5, 5.41) is 7.40. The number of benzene rings is 2. The first-order valence-electron chi connectivity index (χ1n) is 7.25. The van der Waals surface area contributed by atoms with Gasteiger partial charge < -0.3 is 9.84 Å². The monoisotopic (exact) mass is 405 g/mol. The Kier molecular flexibility index (Phi) is 5.27. The van der Waals surface area contributed by atoms with Gasteiger partial charge in [0.25, 0.3) is 0 Å². The lowest BCUT2D eigenvalue weighted by molar-refractivity contribution is -0.116. The third kappa shape index (κ3) is 4.21. The first-order chi connectivity index (χ1) is 11.6. The molecule has 0 aliphatic rings. The highest BCUT2D eigenvalue weighted by Gasteiger charge is 2.11. The van der Waals surface area contributed by atoms with Crippen LogP contribution in [-0.2, 0) is 11.2 Å². The molecule has 24 heavy (non-hydrogen) atoms. The Balaban J connectivity index is 1.58. The molecule has 7 heteroatoms. The normalized spacial score (nSPS) is 10.6. The summed E-state index contributed by atoms with van der Waals surface area (Å²) < 4.78 is 6.02. The Morgan fingerprint density at radius 2 is 1.92 bits per heavy atom. The van der Waals surface area contributed by atoms with Crippen molar-refractivity contribution in [3.05, 3.63) is 63.9 Å². The van der Waals surface area contributed by atoms with E-state index in [0.717, 1.165) is 15.7 Å². The lowest BCUT2D eigenvalue weighted by Gasteiger charge is -2.05. The van der Waals surface area contributed by atoms with E-state index in [1.54, 1.807) is 12.1 Å². The fourth-order valence-corrected chi connectivity index (χ4v) is 2.58. The van der Waals surface area contributed by atoms with E-state index in [9.17, 15) is 4.79 Å². The molecular formula is C17H13BrClN3O2. The number of amides is 1. The molecule has 0 unspecified atom stereocenters. The quantitative estimate of drug-likeness (QED) is 0.665. The molecule has 0 aliphatic carbocycles. The number of carbonyl (C=O) groups excluding carboxylic acids is 1. The van der Waals surface area contributed by atoms with Crippen LogP contribution in [0, 0.1) is 0 Å². The Hall–Kier alpha value is -2.18. The zero-order valence-electron chi connectivity index (χ0n) is 12.5. The lowest BCUT2D eigenvalue weighted by atomic mass is 10.2. The van der Waals surface area contributed by atoms with Crippen molar-refractivity contribution in [1.82, 2.24) is 10.1 Å². The Morgan fingerprint density at radius 3 is 2.67 bits per heavy atom. The molecule has 1 amide bonds. The predicted octanol–water partition coefficient (Wildman–Crippen LogP) is 4.72. The second-order valence-corrected chi connectivity index (χ2v) is 6.34. The zero-order chi connectivity index (χ0) is 16.9. The van der Waals surface area contributed by atoms with Crippen LogP contribution in [-0.4, -0.2) is 16.0 Å². The van der Waals surface area contributed by atoms with Crippen molar-refractivity contribution in [2.75, 3.05) is 5.32 Å². The number of aryl methyl sites for hydroxylation is 1. The van der Waals surface area contributed by atoms with Gasteiger partial charge in [0.2, 0.25) is 17.6 Å². The van der Waals surface area contributed by atoms with Crippen LogP contribution in [0.15, 0.2) is 57.5 Å². The summed E-state index contributed by atoms with van der Waals surface area (Å²) >= 11 is 9.24. The molecule has 2 aromatic carbocycles. The highest BCUT2D eigenvalue weighted by atomic mass is 79.9. The Bertz CT molecular complexity index is 849. The first kappa shape index (κ1) is 16.7. The molecule has 5 nitrogen and oxygen atoms in total. The number of rotatable bonds is 5. The highest BCUT2D eigenvalue weighted by molar-refractivity contribution is 9.10. The number of carbonyl (C=O) groups is 1. The summed E-state index contributed by atoms with van der Waals surface area (Å²) in [4.78, 5) is 16.3. The van der Waals surface area contributed by atoms with Crippen molar-refractivity contribution in [3.8, 4) is 11.4 Å². The van der Waals surface area contributed by atoms with Crippen molar-refractivity contribution in [3.63, 3.8) is 0 Å². The fraction of sp³-hybridized carbons (Fsp3) is 0.118. The maximum Gasteiger partial charge on any atom is 0.227 e. The average molecular weight is 407 g/mol. The van der Waals surface area contributed by atoms with E-state index < -0.39 is 0 Å². The minimum Gasteiger partial charge on any atom is -0.339 e. The number of halogens is 2. The molecule has 0 spiro atoms. The molecule has 122 valence electrons. The summed E-state index contributed by atoms with van der Waals surface area (Å²) in [6.45, 7) is 0. The van der Waals surface area contributed by atoms with Gasteiger partial charge >= 0.3 is 0 Å². The van der Waals surface area contributed by atoms with Crippen molar-refractivity contribution in [2.24, 2.45) is 0 Å². The summed E-state index contributed by atoms with van der Waals surface area (Å²) in [7, 11) is 0. The van der Waals surface area contributed by atoms with Crippen molar-refractivity contribution in [2.45, 2.75) is 12.8 Å². The van der Waals surface area contributed by atoms with E-state index in [4.69, 9.17) is 16.1 Å². The van der Waals surface area contributed by atoms with Crippen LogP contribution in [0.5, 0.6) is 0 Å². The van der Waals surface area contributed by atoms with Crippen LogP contribution in [0.25, 0.3) is 11.4 Å². The first-order valence-corrected chi connectivity index (χ1v) is 8.42. The summed E-state index contributed by atoms with van der Waals surface area (Å²) in [5.74, 6) is 0.781. The molecule has 0 atom stereocenters. The third-order valence-electron chi connectivity index (χ3n) is 3.28. The van der Waals surface area contributed by atoms with Gasteiger partial charge in [-0.1, -0.05) is 28.9 Å². The van der Waals surface area contributed by atoms with Gasteiger partial charge in [-0.2, -0.15) is 4.98 Å². The minimum atomic E-state index is -0.117. The van der Waals surface area contributed by atoms with Gasteiger partial charge in [-0.25, -0.2) is 0 Å². The summed E-state index contributed by atoms with van der Waals surface area (Å²) in [6.07, 6.45) is 0.625. The molecule has 0 aliphatic heterocycles. The van der Waals surface area contributed by atoms with Crippen molar-refractivity contribution in [1.29, 1.82) is 0 Å². The van der Waals surface area contributed by atoms with Gasteiger partial charge in [-0.05, 0) is 52.3 Å². The second kappa shape index (κ2) is 7.59. The van der Waals surface area contributed by atoms with Gasteiger partial charge in [-0.3, -0.25) is 4.79 Å². The fourth-order valence-electron chi connectivity index (χ4n) is 2.07. The van der Waals surface area contributed by atoms with Gasteiger partial charge in [0.15, 0.2) is 0 Å². The van der Waals surface area contributed by atoms with Crippen LogP contribution in [0.2, 0.25) is 5.02 Å². The van der Waals surface area contributed by atoms with E-state index >= 15 is 0 Å². The smallest absolute Gasteiger partial charge is 0.227 e. The number of aromatic nitrogens is 2. The predicted molar refractivity (Wildman–Crippen MR) is 95.8 cm³/mol. The Morgan fingerprint density at radius 1 is 1.17 bits per heavy atom. The topological polar surface area (TPSA) is 68.0 Å². The van der Waals surface area contributed by atoms with Crippen molar-refractivity contribution >= 4 is 39.1 Å². The van der Waals surface area contributed by atoms with E-state index in [1.807, 2.05) is 36.4 Å². The number of hydrogen-bond acceptors (Lipinski definition) is 4. The number of nitrogens with zero attached hydrogens (tertiary/aromatic N) is 2. The molecular weight excluding hydrogens is 394 g/mol. The minimum absolute atomic E-state index is 0.117. The second-order valence-electron chi connectivity index (χ2n) is 5.05. The zero-order valence-corrected chi connectivity index (χ0v) is 14.8. The number of para-hydroxylation sites is 1. The van der Waals surface area contributed by atoms with Crippen LogP contribution in [0.1, 0.15) is 12.3 Å². The van der Waals surface area contributed by atoms with E-state index in [0.29, 0.717) is 23.2 Å². The highest BCUT2D eigenvalue weighted by Crippen LogP contribution is 2.22. The summed E-state index contributed by atoms with van der Waals surface area (Å²) in [6, 6.07) is 14.6. The standard InChI is InChI=1S/C17H13BrClN3O2/c18-13-3-1-2-4-14(13)20-15(23)9-10-16-21-17(22-24-16)11-5-7-12(19)8-6-11/h1-8H,9-10H2,(H,20,23). The molecule has 1 aromatic heterocycles. The van der Waals surface area contributed by atoms with Gasteiger partial charge in [0.05, 0.1) is 5.69 Å². The maximum absolute atomic E-state index is 12.0. The van der Waals surface area contributed by atoms with Gasteiger partial charge in [-0.15, -0.1) is 0 Å². The third-order valence-corrected chi connectivity index (χ3v) is 4.23. The molecule has 1 N–H and O–H groups in total. The van der Waals surface area contributed by atoms with Crippen LogP contribution < -0.4 is 5.32 Å². The summed E-state index contributed by atoms with van der Waals surface area (Å²) in [5.41, 5.74) is 1.54. The lowest BCUT2D eigenvalue weighted by Crippen LogP contribution is -2.12. The molecule has 1 heterocycles. The maximum atomic E-state index is 12.0. The van der Waals surface area contributed by atoms with E-state index in [1.165, 1.54) is 0 Å². The van der Waals surface area contributed by atoms with E-state index in [2.05, 4.69) is 31.4 Å². The molecule has 0 fully saturated rings. The van der Waals surface area contributed by atoms with E-state index in [-0.39, 0.29) is 12.3 Å². The molecule has 3 rings (SSSR count). The molecule has 0 bridgehead atoms. The average Bonchev–Trinajstić information content (AvgIpc) is 3.05. The van der Waals surface area contributed by atoms with Crippen molar-refractivity contribution < 1.29 is 9.32 Å².